The Kier molecular flexibility index (Phi) is 6.48. The number of thioether (sulfide) groups is 1. The fourth-order valence-electron chi connectivity index (χ4n) is 5.36. The molecule has 0 unspecified atom stereocenters. The minimum Gasteiger partial charge on any atom is -0.483 e. The summed E-state index contributed by atoms with van der Waals surface area (Å²) in [5.74, 6) is 4.37. The number of hydrogen-bond donors (Lipinski definition) is 0. The molecular weight excluding hydrogens is 454 g/mol. The number of fused-ring (bicyclic) bond motifs is 3. The first-order valence-corrected chi connectivity index (χ1v) is 14.0. The van der Waals surface area contributed by atoms with Crippen molar-refractivity contribution < 1.29 is 4.74 Å². The van der Waals surface area contributed by atoms with Crippen LogP contribution in [0.25, 0.3) is 16.8 Å². The Labute approximate surface area is 212 Å². The Hall–Kier alpha value is -2.48. The lowest BCUT2D eigenvalue weighted by atomic mass is 10.0. The van der Waals surface area contributed by atoms with Crippen LogP contribution in [0.3, 0.4) is 0 Å². The van der Waals surface area contributed by atoms with Crippen molar-refractivity contribution in [1.29, 1.82) is 0 Å². The third kappa shape index (κ3) is 4.82. The molecule has 0 aliphatic carbocycles. The molecule has 0 saturated carbocycles. The van der Waals surface area contributed by atoms with Gasteiger partial charge in [-0.05, 0) is 49.2 Å². The molecule has 0 bridgehead atoms. The number of anilines is 1. The van der Waals surface area contributed by atoms with Crippen molar-refractivity contribution in [2.24, 2.45) is 0 Å². The van der Waals surface area contributed by atoms with Crippen molar-refractivity contribution in [3.8, 4) is 22.6 Å². The predicted octanol–water partition coefficient (Wildman–Crippen LogP) is 4.51. The van der Waals surface area contributed by atoms with Gasteiger partial charge >= 0.3 is 0 Å². The van der Waals surface area contributed by atoms with Crippen molar-refractivity contribution >= 4 is 17.4 Å². The summed E-state index contributed by atoms with van der Waals surface area (Å²) in [5, 5.41) is 0. The van der Waals surface area contributed by atoms with Gasteiger partial charge in [-0.2, -0.15) is 11.8 Å². The zero-order valence-electron chi connectivity index (χ0n) is 20.8. The van der Waals surface area contributed by atoms with Crippen molar-refractivity contribution in [3.05, 3.63) is 60.2 Å². The maximum absolute atomic E-state index is 6.15. The van der Waals surface area contributed by atoms with Crippen LogP contribution in [0, 0.1) is 0 Å². The lowest BCUT2D eigenvalue weighted by molar-refractivity contribution is 0.209. The molecule has 0 spiro atoms. The number of hydrogen-bond acceptors (Lipinski definition) is 6. The molecule has 7 heteroatoms. The molecule has 2 aromatic carbocycles. The Bertz CT molecular complexity index is 1160. The Morgan fingerprint density at radius 3 is 2.40 bits per heavy atom. The minimum absolute atomic E-state index is 0.521. The zero-order chi connectivity index (χ0) is 23.8. The normalized spacial score (nSPS) is 18.9. The molecule has 2 fully saturated rings. The summed E-state index contributed by atoms with van der Waals surface area (Å²) in [7, 11) is 0. The van der Waals surface area contributed by atoms with Crippen LogP contribution in [0.5, 0.6) is 5.75 Å². The van der Waals surface area contributed by atoms with E-state index < -0.39 is 0 Å². The third-order valence-corrected chi connectivity index (χ3v) is 8.45. The third-order valence-electron chi connectivity index (χ3n) is 7.50. The summed E-state index contributed by atoms with van der Waals surface area (Å²) in [6.07, 6.45) is 2.20. The maximum atomic E-state index is 6.15. The van der Waals surface area contributed by atoms with Gasteiger partial charge in [0.2, 0.25) is 0 Å². The van der Waals surface area contributed by atoms with Crippen LogP contribution in [-0.4, -0.2) is 76.2 Å². The molecule has 6 nitrogen and oxygen atoms in total. The summed E-state index contributed by atoms with van der Waals surface area (Å²) in [4.78, 5) is 12.4. The van der Waals surface area contributed by atoms with Gasteiger partial charge in [-0.3, -0.25) is 14.4 Å². The van der Waals surface area contributed by atoms with Gasteiger partial charge in [-0.15, -0.1) is 0 Å². The van der Waals surface area contributed by atoms with Crippen LogP contribution in [0.4, 0.5) is 5.69 Å². The molecule has 2 saturated heterocycles. The molecule has 0 amide bonds. The number of benzene rings is 2. The Morgan fingerprint density at radius 1 is 0.914 bits per heavy atom. The van der Waals surface area contributed by atoms with E-state index in [1.807, 2.05) is 11.8 Å². The Morgan fingerprint density at radius 2 is 1.66 bits per heavy atom. The number of rotatable bonds is 5. The van der Waals surface area contributed by atoms with Gasteiger partial charge in [-0.25, -0.2) is 4.98 Å². The van der Waals surface area contributed by atoms with Crippen LogP contribution in [0.2, 0.25) is 0 Å². The molecule has 4 heterocycles. The summed E-state index contributed by atoms with van der Waals surface area (Å²) >= 11 is 2.04. The largest absolute Gasteiger partial charge is 0.483 e. The van der Waals surface area contributed by atoms with Gasteiger partial charge < -0.3 is 9.64 Å². The fraction of sp³-hybridized carbons (Fsp3) is 0.464. The van der Waals surface area contributed by atoms with Crippen LogP contribution in [0.1, 0.15) is 25.4 Å². The van der Waals surface area contributed by atoms with Gasteiger partial charge in [0.05, 0.1) is 11.4 Å². The topological polar surface area (TPSA) is 36.8 Å². The average molecular weight is 490 g/mol. The van der Waals surface area contributed by atoms with Gasteiger partial charge in [0.25, 0.3) is 0 Å². The van der Waals surface area contributed by atoms with Crippen molar-refractivity contribution in [1.82, 2.24) is 19.4 Å². The SMILES string of the molecule is CC(C)N1CCN(c2ccc(-c3ccc4c(c3)OCc3nc(CN5CCSCC5)cn3-4)cc2)CC1. The molecule has 6 rings (SSSR count). The second-order valence-corrected chi connectivity index (χ2v) is 11.3. The lowest BCUT2D eigenvalue weighted by Crippen LogP contribution is -2.48. The summed E-state index contributed by atoms with van der Waals surface area (Å²) in [6, 6.07) is 16.2. The van der Waals surface area contributed by atoms with E-state index in [2.05, 4.69) is 81.8 Å². The number of nitrogens with zero attached hydrogens (tertiary/aromatic N) is 5. The molecule has 184 valence electrons. The van der Waals surface area contributed by atoms with Crippen LogP contribution < -0.4 is 9.64 Å². The second kappa shape index (κ2) is 9.88. The molecule has 3 aliphatic rings. The zero-order valence-corrected chi connectivity index (χ0v) is 21.6. The van der Waals surface area contributed by atoms with Crippen molar-refractivity contribution in [2.75, 3.05) is 55.7 Å². The van der Waals surface area contributed by atoms with E-state index in [0.717, 1.165) is 68.8 Å². The van der Waals surface area contributed by atoms with Crippen LogP contribution in [0.15, 0.2) is 48.7 Å². The average Bonchev–Trinajstić information content (AvgIpc) is 3.32. The molecule has 35 heavy (non-hydrogen) atoms. The standard InChI is InChI=1S/C28H35N5OS/c1-21(2)31-9-11-32(12-10-31)25-6-3-22(4-7-25)23-5-8-26-27(17-23)34-20-28-29-24(19-33(26)28)18-30-13-15-35-16-14-30/h3-8,17,19,21H,9-16,18,20H2,1-2H3. The highest BCUT2D eigenvalue weighted by Gasteiger charge is 2.22. The molecule has 1 aromatic heterocycles. The quantitative estimate of drug-likeness (QED) is 0.525. The first-order chi connectivity index (χ1) is 17.1. The molecule has 0 N–H and O–H groups in total. The van der Waals surface area contributed by atoms with E-state index in [4.69, 9.17) is 9.72 Å². The molecule has 3 aliphatic heterocycles. The molecular formula is C28H35N5OS. The number of ether oxygens (including phenoxy) is 1. The minimum atomic E-state index is 0.521. The van der Waals surface area contributed by atoms with E-state index in [1.54, 1.807) is 0 Å². The monoisotopic (exact) mass is 489 g/mol. The van der Waals surface area contributed by atoms with Crippen molar-refractivity contribution in [2.45, 2.75) is 33.0 Å². The van der Waals surface area contributed by atoms with Crippen LogP contribution in [-0.2, 0) is 13.2 Å². The predicted molar refractivity (Wildman–Crippen MR) is 145 cm³/mol. The van der Waals surface area contributed by atoms with E-state index in [-0.39, 0.29) is 0 Å². The number of aromatic nitrogens is 2. The molecule has 3 aromatic rings. The Balaban J connectivity index is 1.16. The van der Waals surface area contributed by atoms with Gasteiger partial charge in [-0.1, -0.05) is 18.2 Å². The highest BCUT2D eigenvalue weighted by Crippen LogP contribution is 2.35. The highest BCUT2D eigenvalue weighted by atomic mass is 32.2. The van der Waals surface area contributed by atoms with Crippen molar-refractivity contribution in [3.63, 3.8) is 0 Å². The first-order valence-electron chi connectivity index (χ1n) is 12.9. The summed E-state index contributed by atoms with van der Waals surface area (Å²) in [5.41, 5.74) is 5.95. The number of imidazole rings is 1. The summed E-state index contributed by atoms with van der Waals surface area (Å²) < 4.78 is 8.37. The van der Waals surface area contributed by atoms with Gasteiger partial charge in [0.15, 0.2) is 5.82 Å². The molecule has 0 radical (unpaired) electrons. The van der Waals surface area contributed by atoms with Crippen LogP contribution >= 0.6 is 11.8 Å². The van der Waals surface area contributed by atoms with Gasteiger partial charge in [0, 0.05) is 75.2 Å². The van der Waals surface area contributed by atoms with E-state index >= 15 is 0 Å². The number of piperazine rings is 1. The smallest absolute Gasteiger partial charge is 0.151 e. The highest BCUT2D eigenvalue weighted by molar-refractivity contribution is 7.99. The van der Waals surface area contributed by atoms with E-state index in [1.165, 1.54) is 28.3 Å². The second-order valence-electron chi connectivity index (χ2n) is 10.0. The van der Waals surface area contributed by atoms with Gasteiger partial charge in [0.1, 0.15) is 12.4 Å². The molecule has 0 atom stereocenters. The first kappa shape index (κ1) is 23.0. The fourth-order valence-corrected chi connectivity index (χ4v) is 6.34. The van der Waals surface area contributed by atoms with E-state index in [9.17, 15) is 0 Å². The summed E-state index contributed by atoms with van der Waals surface area (Å²) in [6.45, 7) is 12.8. The maximum Gasteiger partial charge on any atom is 0.151 e. The lowest BCUT2D eigenvalue weighted by Gasteiger charge is -2.38. The van der Waals surface area contributed by atoms with E-state index in [0.29, 0.717) is 12.6 Å².